The van der Waals surface area contributed by atoms with E-state index in [0.29, 0.717) is 44.1 Å². The molecule has 0 radical (unpaired) electrons. The summed E-state index contributed by atoms with van der Waals surface area (Å²) in [7, 11) is -1.46. The standard InChI is InChI=1S/C18H29N5O4S/c1-13-11-15(19-18(24)16-12-17(27-20-16)14-3-4-14)5-6-23(13)28(25,26)22-9-7-21(2)8-10-22/h12-15H,3-11H2,1-2H3,(H,19,24)/t13-,15+/m0/s1. The van der Waals surface area contributed by atoms with Crippen LogP contribution in [0.5, 0.6) is 0 Å². The van der Waals surface area contributed by atoms with E-state index in [-0.39, 0.29) is 18.0 Å². The average molecular weight is 412 g/mol. The predicted molar refractivity (Wildman–Crippen MR) is 103 cm³/mol. The van der Waals surface area contributed by atoms with Gasteiger partial charge in [-0.3, -0.25) is 4.79 Å². The zero-order valence-corrected chi connectivity index (χ0v) is 17.3. The van der Waals surface area contributed by atoms with Crippen molar-refractivity contribution in [3.8, 4) is 0 Å². The van der Waals surface area contributed by atoms with E-state index in [1.165, 1.54) is 0 Å². The van der Waals surface area contributed by atoms with Gasteiger partial charge in [0.15, 0.2) is 5.69 Å². The Kier molecular flexibility index (Phi) is 5.47. The minimum atomic E-state index is -3.46. The van der Waals surface area contributed by atoms with E-state index >= 15 is 0 Å². The Morgan fingerprint density at radius 3 is 2.54 bits per heavy atom. The van der Waals surface area contributed by atoms with E-state index in [0.717, 1.165) is 31.7 Å². The van der Waals surface area contributed by atoms with Crippen LogP contribution in [-0.4, -0.2) is 84.8 Å². The summed E-state index contributed by atoms with van der Waals surface area (Å²) >= 11 is 0. The molecule has 2 aliphatic heterocycles. The average Bonchev–Trinajstić information content (AvgIpc) is 3.38. The molecular formula is C18H29N5O4S. The van der Waals surface area contributed by atoms with Crippen LogP contribution < -0.4 is 5.32 Å². The zero-order valence-electron chi connectivity index (χ0n) is 16.5. The zero-order chi connectivity index (χ0) is 19.9. The van der Waals surface area contributed by atoms with Crippen molar-refractivity contribution in [1.82, 2.24) is 24.0 Å². The van der Waals surface area contributed by atoms with E-state index in [1.807, 2.05) is 14.0 Å². The summed E-state index contributed by atoms with van der Waals surface area (Å²) in [6.45, 7) is 4.87. The molecule has 0 spiro atoms. The summed E-state index contributed by atoms with van der Waals surface area (Å²) in [5.74, 6) is 0.951. The highest BCUT2D eigenvalue weighted by Gasteiger charge is 2.38. The van der Waals surface area contributed by atoms with E-state index in [9.17, 15) is 13.2 Å². The summed E-state index contributed by atoms with van der Waals surface area (Å²) in [5, 5.41) is 6.87. The molecule has 156 valence electrons. The fraction of sp³-hybridized carbons (Fsp3) is 0.778. The van der Waals surface area contributed by atoms with Crippen molar-refractivity contribution >= 4 is 16.1 Å². The molecule has 1 saturated carbocycles. The lowest BCUT2D eigenvalue weighted by Crippen LogP contribution is -2.57. The largest absolute Gasteiger partial charge is 0.360 e. The van der Waals surface area contributed by atoms with Crippen LogP contribution in [0, 0.1) is 0 Å². The molecule has 0 bridgehead atoms. The lowest BCUT2D eigenvalue weighted by molar-refractivity contribution is 0.0903. The number of carbonyl (C=O) groups is 1. The first-order valence-electron chi connectivity index (χ1n) is 10.1. The maximum absolute atomic E-state index is 13.0. The van der Waals surface area contributed by atoms with Crippen molar-refractivity contribution in [2.45, 2.75) is 50.6 Å². The van der Waals surface area contributed by atoms with Crippen molar-refractivity contribution in [3.63, 3.8) is 0 Å². The first-order chi connectivity index (χ1) is 13.3. The highest BCUT2D eigenvalue weighted by Crippen LogP contribution is 2.40. The molecule has 0 unspecified atom stereocenters. The third-order valence-electron chi connectivity index (χ3n) is 5.98. The van der Waals surface area contributed by atoms with Gasteiger partial charge < -0.3 is 14.7 Å². The third-order valence-corrected chi connectivity index (χ3v) is 8.13. The van der Waals surface area contributed by atoms with Gasteiger partial charge in [-0.1, -0.05) is 5.16 Å². The number of nitrogens with zero attached hydrogens (tertiary/aromatic N) is 4. The van der Waals surface area contributed by atoms with E-state index < -0.39 is 10.2 Å². The van der Waals surface area contributed by atoms with Gasteiger partial charge in [0.2, 0.25) is 0 Å². The van der Waals surface area contributed by atoms with Crippen LogP contribution in [0.25, 0.3) is 0 Å². The van der Waals surface area contributed by atoms with Crippen LogP contribution in [0.2, 0.25) is 0 Å². The minimum absolute atomic E-state index is 0.0671. The fourth-order valence-corrected chi connectivity index (χ4v) is 5.81. The molecule has 0 aromatic carbocycles. The summed E-state index contributed by atoms with van der Waals surface area (Å²) < 4.78 is 34.4. The number of aromatic nitrogens is 1. The molecule has 4 rings (SSSR count). The summed E-state index contributed by atoms with van der Waals surface area (Å²) in [5.41, 5.74) is 0.307. The number of carbonyl (C=O) groups excluding carboxylic acids is 1. The van der Waals surface area contributed by atoms with Crippen molar-refractivity contribution < 1.29 is 17.7 Å². The van der Waals surface area contributed by atoms with Crippen LogP contribution in [0.4, 0.5) is 0 Å². The first-order valence-corrected chi connectivity index (χ1v) is 11.5. The molecule has 3 aliphatic rings. The topological polar surface area (TPSA) is 99.0 Å². The number of nitrogens with one attached hydrogen (secondary N) is 1. The number of piperidine rings is 1. The molecule has 1 N–H and O–H groups in total. The smallest absolute Gasteiger partial charge is 0.282 e. The molecule has 9 nitrogen and oxygen atoms in total. The van der Waals surface area contributed by atoms with Crippen molar-refractivity contribution in [1.29, 1.82) is 0 Å². The van der Waals surface area contributed by atoms with Gasteiger partial charge in [0.25, 0.3) is 16.1 Å². The molecule has 3 fully saturated rings. The maximum atomic E-state index is 13.0. The fourth-order valence-electron chi connectivity index (χ4n) is 4.01. The predicted octanol–water partition coefficient (Wildman–Crippen LogP) is 0.627. The minimum Gasteiger partial charge on any atom is -0.360 e. The van der Waals surface area contributed by atoms with Crippen LogP contribution >= 0.6 is 0 Å². The Morgan fingerprint density at radius 2 is 1.89 bits per heavy atom. The lowest BCUT2D eigenvalue weighted by atomic mass is 10.0. The molecule has 3 heterocycles. The molecule has 1 aliphatic carbocycles. The number of hydrogen-bond donors (Lipinski definition) is 1. The van der Waals surface area contributed by atoms with Gasteiger partial charge in [-0.2, -0.15) is 17.0 Å². The van der Waals surface area contributed by atoms with Crippen molar-refractivity contribution in [3.05, 3.63) is 17.5 Å². The Bertz CT molecular complexity index is 814. The molecule has 2 atom stereocenters. The number of rotatable bonds is 5. The molecule has 1 amide bonds. The van der Waals surface area contributed by atoms with Gasteiger partial charge in [-0.25, -0.2) is 0 Å². The van der Waals surface area contributed by atoms with Crippen LogP contribution in [0.1, 0.15) is 54.8 Å². The SMILES string of the molecule is C[C@H]1C[C@H](NC(=O)c2cc(C3CC3)on2)CCN1S(=O)(=O)N1CCN(C)CC1. The normalized spacial score (nSPS) is 28.4. The maximum Gasteiger partial charge on any atom is 0.282 e. The van der Waals surface area contributed by atoms with Gasteiger partial charge >= 0.3 is 0 Å². The molecule has 1 aromatic heterocycles. The molecule has 1 aromatic rings. The highest BCUT2D eigenvalue weighted by molar-refractivity contribution is 7.86. The summed E-state index contributed by atoms with van der Waals surface area (Å²) in [6.07, 6.45) is 3.37. The lowest BCUT2D eigenvalue weighted by Gasteiger charge is -2.41. The van der Waals surface area contributed by atoms with Gasteiger partial charge in [0, 0.05) is 56.8 Å². The molecular weight excluding hydrogens is 382 g/mol. The van der Waals surface area contributed by atoms with E-state index in [4.69, 9.17) is 4.52 Å². The molecule has 10 heteroatoms. The van der Waals surface area contributed by atoms with Crippen molar-refractivity contribution in [2.75, 3.05) is 39.8 Å². The van der Waals surface area contributed by atoms with Crippen LogP contribution in [0.3, 0.4) is 0 Å². The van der Waals surface area contributed by atoms with Gasteiger partial charge in [0.05, 0.1) is 0 Å². The number of hydrogen-bond acceptors (Lipinski definition) is 6. The third kappa shape index (κ3) is 4.10. The second-order valence-corrected chi connectivity index (χ2v) is 10.1. The Labute approximate surface area is 166 Å². The van der Waals surface area contributed by atoms with E-state index in [2.05, 4.69) is 15.4 Å². The van der Waals surface area contributed by atoms with Crippen LogP contribution in [0.15, 0.2) is 10.6 Å². The number of amides is 1. The highest BCUT2D eigenvalue weighted by atomic mass is 32.2. The summed E-state index contributed by atoms with van der Waals surface area (Å²) in [4.78, 5) is 14.6. The van der Waals surface area contributed by atoms with Gasteiger partial charge in [-0.05, 0) is 39.7 Å². The number of piperazine rings is 1. The molecule has 28 heavy (non-hydrogen) atoms. The Hall–Kier alpha value is -1.49. The second-order valence-electron chi connectivity index (χ2n) is 8.25. The summed E-state index contributed by atoms with van der Waals surface area (Å²) in [6, 6.07) is 1.49. The monoisotopic (exact) mass is 411 g/mol. The van der Waals surface area contributed by atoms with Crippen LogP contribution in [-0.2, 0) is 10.2 Å². The first kappa shape index (κ1) is 19.8. The second kappa shape index (κ2) is 7.74. The van der Waals surface area contributed by atoms with Gasteiger partial charge in [-0.15, -0.1) is 0 Å². The van der Waals surface area contributed by atoms with Crippen molar-refractivity contribution in [2.24, 2.45) is 0 Å². The van der Waals surface area contributed by atoms with E-state index in [1.54, 1.807) is 14.7 Å². The Balaban J connectivity index is 1.33. The quantitative estimate of drug-likeness (QED) is 0.763. The van der Waals surface area contributed by atoms with Gasteiger partial charge in [0.1, 0.15) is 5.76 Å². The Morgan fingerprint density at radius 1 is 1.18 bits per heavy atom. The molecule has 2 saturated heterocycles. The number of likely N-dealkylation sites (N-methyl/N-ethyl adjacent to an activating group) is 1.